The van der Waals surface area contributed by atoms with Crippen LogP contribution in [0.25, 0.3) is 0 Å². The van der Waals surface area contributed by atoms with Crippen molar-refractivity contribution in [3.8, 4) is 5.75 Å². The monoisotopic (exact) mass is 587 g/mol. The number of para-hydroxylation sites is 1. The fourth-order valence-corrected chi connectivity index (χ4v) is 5.90. The van der Waals surface area contributed by atoms with Gasteiger partial charge in [-0.3, -0.25) is 9.69 Å². The van der Waals surface area contributed by atoms with E-state index in [4.69, 9.17) is 25.8 Å². The molecule has 0 aliphatic carbocycles. The summed E-state index contributed by atoms with van der Waals surface area (Å²) in [6.07, 6.45) is 3.13. The first kappa shape index (κ1) is 29.8. The number of cyclic esters (lactones) is 1. The average Bonchev–Trinajstić information content (AvgIpc) is 3.59. The third-order valence-corrected chi connectivity index (χ3v) is 8.26. The number of ether oxygens (including phenoxy) is 3. The number of methoxy groups -OCH3 is 1. The number of allylic oxidation sites excluding steroid dienone is 2. The standard InChI is InChI=1S/C29H34ClN3O6S/c1-18(9-11-24(34)38-14-12-33-13-15-40-17-33)8-10-20-26(32-29(36)31-23-7-5-4-6-22(23)30)25-21(16-39-28(25)35)19(2)27(20)37-3/h4-8H,9-17H2,1-3H3,(H2,31,32,36)/b18-8+. The number of carbonyl (C=O) groups is 3. The Morgan fingerprint density at radius 3 is 2.75 bits per heavy atom. The van der Waals surface area contributed by atoms with Crippen LogP contribution in [0.1, 0.15) is 46.8 Å². The second kappa shape index (κ2) is 13.9. The highest BCUT2D eigenvalue weighted by Gasteiger charge is 2.32. The van der Waals surface area contributed by atoms with Gasteiger partial charge in [-0.2, -0.15) is 0 Å². The second-order valence-corrected chi connectivity index (χ2v) is 11.1. The molecule has 214 valence electrons. The maximum Gasteiger partial charge on any atom is 0.341 e. The van der Waals surface area contributed by atoms with Gasteiger partial charge in [-0.15, -0.1) is 11.8 Å². The molecule has 11 heteroatoms. The molecule has 0 saturated carbocycles. The lowest BCUT2D eigenvalue weighted by Gasteiger charge is -2.20. The van der Waals surface area contributed by atoms with Crippen molar-refractivity contribution in [2.24, 2.45) is 0 Å². The molecule has 0 bridgehead atoms. The fraction of sp³-hybridized carbons (Fsp3) is 0.414. The number of thioether (sulfide) groups is 1. The summed E-state index contributed by atoms with van der Waals surface area (Å²) < 4.78 is 16.5. The van der Waals surface area contributed by atoms with Crippen LogP contribution in [-0.2, 0) is 27.3 Å². The minimum absolute atomic E-state index is 0.102. The van der Waals surface area contributed by atoms with Crippen molar-refractivity contribution in [2.75, 3.05) is 49.1 Å². The number of amides is 2. The topological polar surface area (TPSA) is 106 Å². The molecule has 1 fully saturated rings. The minimum atomic E-state index is -0.557. The van der Waals surface area contributed by atoms with Crippen molar-refractivity contribution in [1.82, 2.24) is 4.90 Å². The Balaban J connectivity index is 1.48. The number of carbonyl (C=O) groups excluding carboxylic acids is 3. The zero-order chi connectivity index (χ0) is 28.6. The van der Waals surface area contributed by atoms with Crippen LogP contribution in [0.15, 0.2) is 35.9 Å². The number of nitrogens with one attached hydrogen (secondary N) is 2. The Morgan fingerprint density at radius 2 is 2.02 bits per heavy atom. The Morgan fingerprint density at radius 1 is 1.23 bits per heavy atom. The van der Waals surface area contributed by atoms with Crippen molar-refractivity contribution in [1.29, 1.82) is 0 Å². The van der Waals surface area contributed by atoms with Gasteiger partial charge in [0.15, 0.2) is 0 Å². The number of hydrogen-bond donors (Lipinski definition) is 2. The van der Waals surface area contributed by atoms with Gasteiger partial charge in [-0.1, -0.05) is 35.4 Å². The first-order valence-electron chi connectivity index (χ1n) is 13.1. The van der Waals surface area contributed by atoms with E-state index in [1.54, 1.807) is 31.4 Å². The Kier molecular flexibility index (Phi) is 10.4. The molecule has 0 unspecified atom stereocenters. The van der Waals surface area contributed by atoms with Gasteiger partial charge in [0.25, 0.3) is 0 Å². The molecule has 2 aromatic rings. The molecule has 0 radical (unpaired) electrons. The van der Waals surface area contributed by atoms with E-state index in [2.05, 4.69) is 15.5 Å². The summed E-state index contributed by atoms with van der Waals surface area (Å²) >= 11 is 8.09. The summed E-state index contributed by atoms with van der Waals surface area (Å²) in [6, 6.07) is 6.31. The largest absolute Gasteiger partial charge is 0.496 e. The normalized spacial score (nSPS) is 15.0. The van der Waals surface area contributed by atoms with Gasteiger partial charge in [-0.05, 0) is 44.4 Å². The molecular formula is C29H34ClN3O6S. The molecule has 2 N–H and O–H groups in total. The van der Waals surface area contributed by atoms with E-state index in [1.807, 2.05) is 31.7 Å². The van der Waals surface area contributed by atoms with Crippen LogP contribution in [0.5, 0.6) is 5.75 Å². The van der Waals surface area contributed by atoms with Crippen molar-refractivity contribution in [3.05, 3.63) is 63.2 Å². The van der Waals surface area contributed by atoms with Gasteiger partial charge < -0.3 is 24.8 Å². The van der Waals surface area contributed by atoms with E-state index in [1.165, 1.54) is 0 Å². The zero-order valence-electron chi connectivity index (χ0n) is 22.9. The number of fused-ring (bicyclic) bond motifs is 1. The summed E-state index contributed by atoms with van der Waals surface area (Å²) in [4.78, 5) is 40.3. The Bertz CT molecular complexity index is 1310. The van der Waals surface area contributed by atoms with Crippen LogP contribution in [-0.4, -0.2) is 61.3 Å². The predicted molar refractivity (Wildman–Crippen MR) is 157 cm³/mol. The number of rotatable bonds is 11. The molecule has 2 aliphatic heterocycles. The van der Waals surface area contributed by atoms with Crippen LogP contribution in [0.2, 0.25) is 5.02 Å². The van der Waals surface area contributed by atoms with E-state index in [9.17, 15) is 14.4 Å². The molecule has 2 heterocycles. The molecule has 9 nitrogen and oxygen atoms in total. The first-order chi connectivity index (χ1) is 19.3. The van der Waals surface area contributed by atoms with Crippen LogP contribution in [0.3, 0.4) is 0 Å². The number of benzene rings is 2. The molecule has 0 aromatic heterocycles. The van der Waals surface area contributed by atoms with Crippen LogP contribution < -0.4 is 15.4 Å². The van der Waals surface area contributed by atoms with Gasteiger partial charge in [0.1, 0.15) is 19.0 Å². The highest BCUT2D eigenvalue weighted by atomic mass is 35.5. The Labute approximate surface area is 243 Å². The summed E-state index contributed by atoms with van der Waals surface area (Å²) in [6.45, 7) is 6.09. The second-order valence-electron chi connectivity index (χ2n) is 9.63. The lowest BCUT2D eigenvalue weighted by molar-refractivity contribution is -0.143. The van der Waals surface area contributed by atoms with E-state index in [0.717, 1.165) is 35.9 Å². The summed E-state index contributed by atoms with van der Waals surface area (Å²) in [5, 5.41) is 5.96. The maximum atomic E-state index is 13.0. The number of hydrogen-bond acceptors (Lipinski definition) is 8. The SMILES string of the molecule is COc1c(C)c2c(c(NC(=O)Nc3ccccc3Cl)c1C/C=C(\C)CCC(=O)OCCN1CCSC1)C(=O)OC2. The minimum Gasteiger partial charge on any atom is -0.496 e. The molecule has 40 heavy (non-hydrogen) atoms. The van der Waals surface area contributed by atoms with Crippen LogP contribution in [0, 0.1) is 6.92 Å². The van der Waals surface area contributed by atoms with Crippen molar-refractivity contribution in [2.45, 2.75) is 39.7 Å². The van der Waals surface area contributed by atoms with E-state index >= 15 is 0 Å². The van der Waals surface area contributed by atoms with E-state index in [-0.39, 0.29) is 19.0 Å². The number of halogens is 1. The number of anilines is 2. The van der Waals surface area contributed by atoms with Crippen LogP contribution >= 0.6 is 23.4 Å². The maximum absolute atomic E-state index is 13.0. The molecule has 2 amide bonds. The molecule has 0 spiro atoms. The van der Waals surface area contributed by atoms with Gasteiger partial charge in [-0.25, -0.2) is 9.59 Å². The molecule has 4 rings (SSSR count). The molecular weight excluding hydrogens is 554 g/mol. The number of urea groups is 1. The third-order valence-electron chi connectivity index (χ3n) is 6.91. The highest BCUT2D eigenvalue weighted by molar-refractivity contribution is 7.99. The smallest absolute Gasteiger partial charge is 0.341 e. The van der Waals surface area contributed by atoms with Crippen molar-refractivity contribution >= 4 is 52.7 Å². The van der Waals surface area contributed by atoms with Crippen LogP contribution in [0.4, 0.5) is 16.2 Å². The van der Waals surface area contributed by atoms with Crippen molar-refractivity contribution < 1.29 is 28.6 Å². The summed E-state index contributed by atoms with van der Waals surface area (Å²) in [5.41, 5.74) is 4.14. The van der Waals surface area contributed by atoms with Gasteiger partial charge in [0, 0.05) is 42.3 Å². The molecule has 2 aromatic carbocycles. The lowest BCUT2D eigenvalue weighted by atomic mass is 9.93. The quantitative estimate of drug-likeness (QED) is 0.251. The molecule has 0 atom stereocenters. The van der Waals surface area contributed by atoms with E-state index < -0.39 is 12.0 Å². The zero-order valence-corrected chi connectivity index (χ0v) is 24.5. The lowest BCUT2D eigenvalue weighted by Crippen LogP contribution is -2.25. The predicted octanol–water partition coefficient (Wildman–Crippen LogP) is 5.79. The Hall–Kier alpha value is -3.21. The van der Waals surface area contributed by atoms with Crippen molar-refractivity contribution in [3.63, 3.8) is 0 Å². The van der Waals surface area contributed by atoms with Gasteiger partial charge in [0.2, 0.25) is 0 Å². The fourth-order valence-electron chi connectivity index (χ4n) is 4.69. The number of esters is 2. The average molecular weight is 588 g/mol. The van der Waals surface area contributed by atoms with Gasteiger partial charge >= 0.3 is 18.0 Å². The highest BCUT2D eigenvalue weighted by Crippen LogP contribution is 2.41. The third kappa shape index (κ3) is 7.30. The van der Waals surface area contributed by atoms with Gasteiger partial charge in [0.05, 0.1) is 29.1 Å². The number of nitrogens with zero attached hydrogens (tertiary/aromatic N) is 1. The summed E-state index contributed by atoms with van der Waals surface area (Å²) in [5.74, 6) is 1.93. The van der Waals surface area contributed by atoms with E-state index in [0.29, 0.717) is 58.3 Å². The molecule has 1 saturated heterocycles. The summed E-state index contributed by atoms with van der Waals surface area (Å²) in [7, 11) is 1.55. The first-order valence-corrected chi connectivity index (χ1v) is 14.6. The molecule has 2 aliphatic rings.